The van der Waals surface area contributed by atoms with Crippen LogP contribution in [-0.4, -0.2) is 39.8 Å². The summed E-state index contributed by atoms with van der Waals surface area (Å²) in [6.07, 6.45) is -3.76. The fourth-order valence-electron chi connectivity index (χ4n) is 1.45. The summed E-state index contributed by atoms with van der Waals surface area (Å²) in [7, 11) is 1.65. The van der Waals surface area contributed by atoms with Crippen LogP contribution in [0.1, 0.15) is 6.42 Å². The van der Waals surface area contributed by atoms with E-state index in [0.717, 1.165) is 13.0 Å². The third kappa shape index (κ3) is 7.85. The summed E-state index contributed by atoms with van der Waals surface area (Å²) in [5, 5.41) is 3.15. The Balaban J connectivity index is 2.18. The number of hydrogen-bond donors (Lipinski definition) is 1. The van der Waals surface area contributed by atoms with E-state index in [9.17, 15) is 13.2 Å². The van der Waals surface area contributed by atoms with E-state index in [1.165, 1.54) is 24.3 Å². The van der Waals surface area contributed by atoms with Gasteiger partial charge in [-0.3, -0.25) is 0 Å². The highest BCUT2D eigenvalue weighted by molar-refractivity contribution is 5.31. The fourth-order valence-corrected chi connectivity index (χ4v) is 1.45. The second kappa shape index (κ2) is 8.65. The fraction of sp³-hybridized carbons (Fsp3) is 0.538. The SMILES string of the molecule is COCCCNCCOc1ccc(OC(F)(F)F)cc1. The largest absolute Gasteiger partial charge is 0.573 e. The average Bonchev–Trinajstić information content (AvgIpc) is 2.38. The minimum atomic E-state index is -4.67. The first kappa shape index (κ1) is 16.6. The first-order chi connectivity index (χ1) is 9.51. The molecule has 0 saturated carbocycles. The maximum Gasteiger partial charge on any atom is 0.573 e. The zero-order valence-electron chi connectivity index (χ0n) is 11.2. The van der Waals surface area contributed by atoms with Crippen molar-refractivity contribution < 1.29 is 27.4 Å². The number of alkyl halides is 3. The van der Waals surface area contributed by atoms with Gasteiger partial charge in [-0.1, -0.05) is 0 Å². The molecule has 20 heavy (non-hydrogen) atoms. The van der Waals surface area contributed by atoms with Gasteiger partial charge in [0.1, 0.15) is 18.1 Å². The van der Waals surface area contributed by atoms with Crippen LogP contribution in [0.3, 0.4) is 0 Å². The van der Waals surface area contributed by atoms with Gasteiger partial charge < -0.3 is 19.5 Å². The summed E-state index contributed by atoms with van der Waals surface area (Å²) in [5.74, 6) is 0.237. The summed E-state index contributed by atoms with van der Waals surface area (Å²) >= 11 is 0. The predicted molar refractivity (Wildman–Crippen MR) is 68.0 cm³/mol. The molecule has 0 bridgehead atoms. The van der Waals surface area contributed by atoms with Crippen LogP contribution in [0.4, 0.5) is 13.2 Å². The molecule has 1 rings (SSSR count). The van der Waals surface area contributed by atoms with E-state index in [4.69, 9.17) is 9.47 Å². The van der Waals surface area contributed by atoms with Crippen molar-refractivity contribution in [3.05, 3.63) is 24.3 Å². The summed E-state index contributed by atoms with van der Waals surface area (Å²) in [6, 6.07) is 5.31. The van der Waals surface area contributed by atoms with E-state index < -0.39 is 6.36 Å². The van der Waals surface area contributed by atoms with Crippen LogP contribution >= 0.6 is 0 Å². The van der Waals surface area contributed by atoms with Crippen LogP contribution in [0, 0.1) is 0 Å². The first-order valence-electron chi connectivity index (χ1n) is 6.19. The standard InChI is InChI=1S/C13H18F3NO3/c1-18-9-2-7-17-8-10-19-11-3-5-12(6-4-11)20-13(14,15)16/h3-6,17H,2,7-10H2,1H3. The van der Waals surface area contributed by atoms with Gasteiger partial charge in [-0.25, -0.2) is 0 Å². The lowest BCUT2D eigenvalue weighted by molar-refractivity contribution is -0.274. The maximum atomic E-state index is 11.9. The van der Waals surface area contributed by atoms with Crippen molar-refractivity contribution in [1.82, 2.24) is 5.32 Å². The molecule has 0 radical (unpaired) electrons. The van der Waals surface area contributed by atoms with Crippen LogP contribution in [0.25, 0.3) is 0 Å². The Hall–Kier alpha value is -1.47. The molecule has 0 spiro atoms. The minimum Gasteiger partial charge on any atom is -0.492 e. The molecule has 0 heterocycles. The molecule has 114 valence electrons. The summed E-state index contributed by atoms with van der Waals surface area (Å²) in [6.45, 7) is 2.63. The van der Waals surface area contributed by atoms with Crippen molar-refractivity contribution in [1.29, 1.82) is 0 Å². The Morgan fingerprint density at radius 1 is 1.00 bits per heavy atom. The molecule has 0 aliphatic rings. The monoisotopic (exact) mass is 293 g/mol. The summed E-state index contributed by atoms with van der Waals surface area (Å²) in [4.78, 5) is 0. The van der Waals surface area contributed by atoms with Gasteiger partial charge >= 0.3 is 6.36 Å². The number of nitrogens with one attached hydrogen (secondary N) is 1. The van der Waals surface area contributed by atoms with E-state index >= 15 is 0 Å². The van der Waals surface area contributed by atoms with Crippen molar-refractivity contribution in [3.8, 4) is 11.5 Å². The molecule has 1 N–H and O–H groups in total. The Bertz CT molecular complexity index is 368. The number of methoxy groups -OCH3 is 1. The van der Waals surface area contributed by atoms with Crippen LogP contribution in [0.2, 0.25) is 0 Å². The first-order valence-corrected chi connectivity index (χ1v) is 6.19. The van der Waals surface area contributed by atoms with Crippen molar-refractivity contribution in [3.63, 3.8) is 0 Å². The third-order valence-electron chi connectivity index (χ3n) is 2.31. The molecule has 0 aliphatic heterocycles. The Kier molecular flexibility index (Phi) is 7.17. The highest BCUT2D eigenvalue weighted by Crippen LogP contribution is 2.24. The molecular weight excluding hydrogens is 275 g/mol. The third-order valence-corrected chi connectivity index (χ3v) is 2.31. The van der Waals surface area contributed by atoms with Crippen molar-refractivity contribution in [2.45, 2.75) is 12.8 Å². The molecule has 4 nitrogen and oxygen atoms in total. The number of halogens is 3. The second-order valence-corrected chi connectivity index (χ2v) is 3.96. The van der Waals surface area contributed by atoms with Gasteiger partial charge in [0.25, 0.3) is 0 Å². The van der Waals surface area contributed by atoms with E-state index in [1.807, 2.05) is 0 Å². The normalized spacial score (nSPS) is 11.4. The molecular formula is C13H18F3NO3. The molecule has 0 unspecified atom stereocenters. The molecule has 1 aromatic rings. The minimum absolute atomic E-state index is 0.262. The lowest BCUT2D eigenvalue weighted by Gasteiger charge is -2.10. The number of rotatable bonds is 9. The van der Waals surface area contributed by atoms with Crippen LogP contribution in [0.15, 0.2) is 24.3 Å². The van der Waals surface area contributed by atoms with Crippen LogP contribution in [-0.2, 0) is 4.74 Å². The molecule has 7 heteroatoms. The van der Waals surface area contributed by atoms with Gasteiger partial charge in [0.05, 0.1) is 0 Å². The maximum absolute atomic E-state index is 11.9. The van der Waals surface area contributed by atoms with Gasteiger partial charge in [0, 0.05) is 20.3 Å². The molecule has 0 amide bonds. The van der Waals surface area contributed by atoms with Crippen LogP contribution in [0.5, 0.6) is 11.5 Å². The van der Waals surface area contributed by atoms with Crippen molar-refractivity contribution in [2.24, 2.45) is 0 Å². The molecule has 0 fully saturated rings. The average molecular weight is 293 g/mol. The van der Waals surface area contributed by atoms with E-state index in [0.29, 0.717) is 25.5 Å². The number of ether oxygens (including phenoxy) is 3. The van der Waals surface area contributed by atoms with Crippen molar-refractivity contribution >= 4 is 0 Å². The van der Waals surface area contributed by atoms with Gasteiger partial charge in [-0.15, -0.1) is 13.2 Å². The summed E-state index contributed by atoms with van der Waals surface area (Å²) in [5.41, 5.74) is 0. The van der Waals surface area contributed by atoms with Crippen LogP contribution < -0.4 is 14.8 Å². The quantitative estimate of drug-likeness (QED) is 0.710. The highest BCUT2D eigenvalue weighted by Gasteiger charge is 2.30. The Morgan fingerprint density at radius 3 is 2.25 bits per heavy atom. The van der Waals surface area contributed by atoms with Gasteiger partial charge in [0.15, 0.2) is 0 Å². The second-order valence-electron chi connectivity index (χ2n) is 3.96. The Morgan fingerprint density at radius 2 is 1.65 bits per heavy atom. The van der Waals surface area contributed by atoms with Gasteiger partial charge in [0.2, 0.25) is 0 Å². The molecule has 0 aliphatic carbocycles. The van der Waals surface area contributed by atoms with E-state index in [1.54, 1.807) is 7.11 Å². The highest BCUT2D eigenvalue weighted by atomic mass is 19.4. The van der Waals surface area contributed by atoms with Gasteiger partial charge in [-0.2, -0.15) is 0 Å². The lowest BCUT2D eigenvalue weighted by atomic mass is 10.3. The number of benzene rings is 1. The lowest BCUT2D eigenvalue weighted by Crippen LogP contribution is -2.22. The smallest absolute Gasteiger partial charge is 0.492 e. The van der Waals surface area contributed by atoms with Gasteiger partial charge in [-0.05, 0) is 37.2 Å². The summed E-state index contributed by atoms with van der Waals surface area (Å²) < 4.78 is 49.9. The predicted octanol–water partition coefficient (Wildman–Crippen LogP) is 2.59. The Labute approximate surface area is 115 Å². The topological polar surface area (TPSA) is 39.7 Å². The zero-order chi connectivity index (χ0) is 14.8. The molecule has 0 atom stereocenters. The number of hydrogen-bond acceptors (Lipinski definition) is 4. The molecule has 0 saturated heterocycles. The van der Waals surface area contributed by atoms with E-state index in [-0.39, 0.29) is 5.75 Å². The van der Waals surface area contributed by atoms with Crippen molar-refractivity contribution in [2.75, 3.05) is 33.4 Å². The van der Waals surface area contributed by atoms with E-state index in [2.05, 4.69) is 10.1 Å². The molecule has 0 aromatic heterocycles. The zero-order valence-corrected chi connectivity index (χ0v) is 11.2. The molecule has 1 aromatic carbocycles.